The Kier molecular flexibility index (Phi) is 11.5. The van der Waals surface area contributed by atoms with Crippen LogP contribution < -0.4 is 15.5 Å². The number of nitrogens with zero attached hydrogens (tertiary/aromatic N) is 5. The molecule has 182 valence electrons. The van der Waals surface area contributed by atoms with Crippen molar-refractivity contribution in [2.45, 2.75) is 44.7 Å². The third-order valence-electron chi connectivity index (χ3n) is 5.83. The summed E-state index contributed by atoms with van der Waals surface area (Å²) in [5.74, 6) is 0.645. The fraction of sp³-hybridized carbons (Fsp3) is 0.542. The number of aromatic nitrogens is 2. The smallest absolute Gasteiger partial charge is 0.241 e. The summed E-state index contributed by atoms with van der Waals surface area (Å²) in [6, 6.07) is 12.9. The van der Waals surface area contributed by atoms with E-state index in [1.54, 1.807) is 19.0 Å². The fourth-order valence-corrected chi connectivity index (χ4v) is 3.82. The molecule has 0 radical (unpaired) electrons. The maximum atomic E-state index is 12.0. The normalized spacial score (nSPS) is 14.0. The van der Waals surface area contributed by atoms with Gasteiger partial charge in [0.1, 0.15) is 0 Å². The first-order valence-corrected chi connectivity index (χ1v) is 11.6. The predicted octanol–water partition coefficient (Wildman–Crippen LogP) is 3.27. The molecule has 1 aliphatic carbocycles. The van der Waals surface area contributed by atoms with E-state index in [2.05, 4.69) is 62.7 Å². The Morgan fingerprint density at radius 3 is 2.55 bits per heavy atom. The predicted molar refractivity (Wildman–Crippen MR) is 145 cm³/mol. The van der Waals surface area contributed by atoms with Gasteiger partial charge in [0.05, 0.1) is 24.8 Å². The lowest BCUT2D eigenvalue weighted by atomic mass is 10.3. The van der Waals surface area contributed by atoms with Crippen LogP contribution in [-0.4, -0.2) is 67.3 Å². The Bertz CT molecular complexity index is 863. The van der Waals surface area contributed by atoms with Crippen LogP contribution in [0.1, 0.15) is 43.8 Å². The van der Waals surface area contributed by atoms with Gasteiger partial charge in [0.15, 0.2) is 5.96 Å². The highest BCUT2D eigenvalue weighted by atomic mass is 127. The average Bonchev–Trinajstić information content (AvgIpc) is 3.50. The molecular weight excluding hydrogens is 529 g/mol. The Morgan fingerprint density at radius 1 is 1.12 bits per heavy atom. The molecule has 0 atom stereocenters. The molecule has 0 bridgehead atoms. The summed E-state index contributed by atoms with van der Waals surface area (Å²) in [6.45, 7) is 2.37. The minimum atomic E-state index is 0. The number of halogens is 1. The van der Waals surface area contributed by atoms with E-state index >= 15 is 0 Å². The number of hydrogen-bond donors (Lipinski definition) is 2. The van der Waals surface area contributed by atoms with Crippen LogP contribution in [-0.2, 0) is 11.3 Å². The number of hydrogen-bond acceptors (Lipinski definition) is 4. The topological polar surface area (TPSA) is 77.8 Å². The van der Waals surface area contributed by atoms with E-state index in [0.29, 0.717) is 18.5 Å². The van der Waals surface area contributed by atoms with Crippen molar-refractivity contribution in [3.8, 4) is 0 Å². The summed E-state index contributed by atoms with van der Waals surface area (Å²) < 4.78 is 2.09. The summed E-state index contributed by atoms with van der Waals surface area (Å²) in [6.07, 6.45) is 8.01. The summed E-state index contributed by atoms with van der Waals surface area (Å²) in [5.41, 5.74) is 2.15. The second kappa shape index (κ2) is 14.1. The van der Waals surface area contributed by atoms with Gasteiger partial charge in [-0.15, -0.1) is 24.0 Å². The second-order valence-corrected chi connectivity index (χ2v) is 8.57. The molecule has 2 N–H and O–H groups in total. The van der Waals surface area contributed by atoms with Gasteiger partial charge in [-0.3, -0.25) is 9.48 Å². The molecule has 9 heteroatoms. The molecule has 8 nitrogen and oxygen atoms in total. The van der Waals surface area contributed by atoms with E-state index in [9.17, 15) is 4.79 Å². The van der Waals surface area contributed by atoms with E-state index in [0.717, 1.165) is 25.2 Å². The molecule has 2 aromatic rings. The monoisotopic (exact) mass is 567 g/mol. The molecule has 1 aromatic heterocycles. The molecule has 1 amide bonds. The maximum absolute atomic E-state index is 12.0. The Balaban J connectivity index is 0.00000385. The van der Waals surface area contributed by atoms with Gasteiger partial charge >= 0.3 is 0 Å². The zero-order valence-electron chi connectivity index (χ0n) is 20.0. The zero-order chi connectivity index (χ0) is 22.8. The number of amides is 1. The number of para-hydroxylation sites is 1. The number of anilines is 1. The standard InChI is InChI=1S/C24H37N7O.HI/c1-29(2)23(32)19-27-24(25-15-9-16-30(3)21-10-5-4-6-11-21)26-18-20-14-17-31(28-20)22-12-7-8-13-22;/h4-6,10-11,14,17,22H,7-9,12-13,15-16,18-19H2,1-3H3,(H2,25,26,27);1H. The number of aliphatic imine (C=N–C) groups is 1. The first-order valence-electron chi connectivity index (χ1n) is 11.6. The number of nitrogens with one attached hydrogen (secondary N) is 2. The number of guanidine groups is 1. The van der Waals surface area contributed by atoms with Crippen LogP contribution in [0.5, 0.6) is 0 Å². The fourth-order valence-electron chi connectivity index (χ4n) is 3.82. The van der Waals surface area contributed by atoms with Crippen molar-refractivity contribution in [1.29, 1.82) is 0 Å². The first-order chi connectivity index (χ1) is 15.5. The quantitative estimate of drug-likeness (QED) is 0.200. The molecule has 1 fully saturated rings. The molecular formula is C24H38IN7O. The third-order valence-corrected chi connectivity index (χ3v) is 5.83. The maximum Gasteiger partial charge on any atom is 0.241 e. The highest BCUT2D eigenvalue weighted by Gasteiger charge is 2.17. The number of rotatable bonds is 10. The van der Waals surface area contributed by atoms with E-state index < -0.39 is 0 Å². The second-order valence-electron chi connectivity index (χ2n) is 8.57. The van der Waals surface area contributed by atoms with Crippen molar-refractivity contribution in [2.75, 3.05) is 45.7 Å². The Morgan fingerprint density at radius 2 is 1.85 bits per heavy atom. The molecule has 0 aliphatic heterocycles. The molecule has 0 unspecified atom stereocenters. The summed E-state index contributed by atoms with van der Waals surface area (Å²) >= 11 is 0. The van der Waals surface area contributed by atoms with Crippen LogP contribution in [0.2, 0.25) is 0 Å². The van der Waals surface area contributed by atoms with Crippen molar-refractivity contribution >= 4 is 41.5 Å². The lowest BCUT2D eigenvalue weighted by Gasteiger charge is -2.20. The Labute approximate surface area is 214 Å². The number of carbonyl (C=O) groups is 1. The van der Waals surface area contributed by atoms with Gasteiger partial charge in [0.2, 0.25) is 5.91 Å². The minimum Gasteiger partial charge on any atom is -0.375 e. The summed E-state index contributed by atoms with van der Waals surface area (Å²) in [7, 11) is 5.60. The van der Waals surface area contributed by atoms with Crippen molar-refractivity contribution in [1.82, 2.24) is 25.3 Å². The van der Waals surface area contributed by atoms with E-state index in [1.807, 2.05) is 12.1 Å². The lowest BCUT2D eigenvalue weighted by molar-refractivity contribution is -0.127. The van der Waals surface area contributed by atoms with Gasteiger partial charge in [-0.2, -0.15) is 5.10 Å². The van der Waals surface area contributed by atoms with Gasteiger partial charge in [0, 0.05) is 46.1 Å². The van der Waals surface area contributed by atoms with Gasteiger partial charge in [-0.1, -0.05) is 31.0 Å². The summed E-state index contributed by atoms with van der Waals surface area (Å²) in [5, 5.41) is 11.2. The van der Waals surface area contributed by atoms with E-state index in [1.165, 1.54) is 31.4 Å². The van der Waals surface area contributed by atoms with Crippen LogP contribution in [0.3, 0.4) is 0 Å². The largest absolute Gasteiger partial charge is 0.375 e. The van der Waals surface area contributed by atoms with Crippen molar-refractivity contribution in [3.05, 3.63) is 48.3 Å². The van der Waals surface area contributed by atoms with Crippen LogP contribution in [0.25, 0.3) is 0 Å². The van der Waals surface area contributed by atoms with Crippen LogP contribution >= 0.6 is 24.0 Å². The van der Waals surface area contributed by atoms with Crippen LogP contribution in [0.15, 0.2) is 47.6 Å². The molecule has 3 rings (SSSR count). The van der Waals surface area contributed by atoms with Crippen molar-refractivity contribution in [3.63, 3.8) is 0 Å². The molecule has 33 heavy (non-hydrogen) atoms. The molecule has 1 aromatic carbocycles. The molecule has 1 aliphatic rings. The van der Waals surface area contributed by atoms with Crippen molar-refractivity contribution < 1.29 is 4.79 Å². The average molecular weight is 568 g/mol. The van der Waals surface area contributed by atoms with Gasteiger partial charge in [-0.05, 0) is 37.5 Å². The summed E-state index contributed by atoms with van der Waals surface area (Å²) in [4.78, 5) is 20.5. The van der Waals surface area contributed by atoms with Crippen molar-refractivity contribution in [2.24, 2.45) is 4.99 Å². The highest BCUT2D eigenvalue weighted by molar-refractivity contribution is 14.0. The molecule has 0 spiro atoms. The van der Waals surface area contributed by atoms with Gasteiger partial charge < -0.3 is 20.4 Å². The molecule has 1 heterocycles. The lowest BCUT2D eigenvalue weighted by Crippen LogP contribution is -2.43. The number of benzene rings is 1. The van der Waals surface area contributed by atoms with Gasteiger partial charge in [0.25, 0.3) is 0 Å². The van der Waals surface area contributed by atoms with Gasteiger partial charge in [-0.25, -0.2) is 4.99 Å². The van der Waals surface area contributed by atoms with Crippen LogP contribution in [0.4, 0.5) is 5.69 Å². The first kappa shape index (κ1) is 26.9. The minimum absolute atomic E-state index is 0. The number of likely N-dealkylation sites (N-methyl/N-ethyl adjacent to an activating group) is 1. The highest BCUT2D eigenvalue weighted by Crippen LogP contribution is 2.28. The Hall–Kier alpha value is -2.30. The van der Waals surface area contributed by atoms with E-state index in [-0.39, 0.29) is 36.4 Å². The molecule has 1 saturated carbocycles. The zero-order valence-corrected chi connectivity index (χ0v) is 22.4. The molecule has 0 saturated heterocycles. The SMILES string of the molecule is CN(C)C(=O)CNC(=NCc1ccn(C2CCCC2)n1)NCCCN(C)c1ccccc1.I. The van der Waals surface area contributed by atoms with E-state index in [4.69, 9.17) is 5.10 Å². The number of carbonyl (C=O) groups excluding carboxylic acids is 1. The third kappa shape index (κ3) is 8.87. The van der Waals surface area contributed by atoms with Crippen LogP contribution in [0, 0.1) is 0 Å².